The van der Waals surface area contributed by atoms with Crippen molar-refractivity contribution in [2.24, 2.45) is 0 Å². The van der Waals surface area contributed by atoms with Crippen molar-refractivity contribution >= 4 is 5.91 Å². The lowest BCUT2D eigenvalue weighted by atomic mass is 10.1. The Kier molecular flexibility index (Phi) is 5.83. The van der Waals surface area contributed by atoms with E-state index in [9.17, 15) is 4.79 Å². The van der Waals surface area contributed by atoms with E-state index in [1.807, 2.05) is 39.0 Å². The zero-order chi connectivity index (χ0) is 14.4. The van der Waals surface area contributed by atoms with Gasteiger partial charge in [0.1, 0.15) is 5.75 Å². The first-order chi connectivity index (χ1) is 8.93. The molecule has 1 N–H and O–H groups in total. The molecular formula is C15H23NO3. The number of methoxy groups -OCH3 is 1. The first-order valence-corrected chi connectivity index (χ1v) is 6.47. The van der Waals surface area contributed by atoms with Crippen molar-refractivity contribution in [3.63, 3.8) is 0 Å². The van der Waals surface area contributed by atoms with Gasteiger partial charge in [0, 0.05) is 13.2 Å². The summed E-state index contributed by atoms with van der Waals surface area (Å²) in [5.74, 6) is 0.608. The van der Waals surface area contributed by atoms with Gasteiger partial charge in [0.25, 0.3) is 5.91 Å². The van der Waals surface area contributed by atoms with Crippen molar-refractivity contribution in [2.75, 3.05) is 13.7 Å². The molecule has 0 aromatic heterocycles. The van der Waals surface area contributed by atoms with E-state index in [-0.39, 0.29) is 11.9 Å². The summed E-state index contributed by atoms with van der Waals surface area (Å²) in [7, 11) is 1.61. The third kappa shape index (κ3) is 4.91. The first-order valence-electron chi connectivity index (χ1n) is 6.47. The van der Waals surface area contributed by atoms with Crippen LogP contribution in [0.3, 0.4) is 0 Å². The van der Waals surface area contributed by atoms with Crippen LogP contribution in [0.1, 0.15) is 25.0 Å². The fourth-order valence-corrected chi connectivity index (χ4v) is 1.83. The second-order valence-corrected chi connectivity index (χ2v) is 4.89. The molecule has 1 aromatic carbocycles. The summed E-state index contributed by atoms with van der Waals surface area (Å²) < 4.78 is 10.7. The van der Waals surface area contributed by atoms with Crippen LogP contribution in [-0.2, 0) is 9.53 Å². The van der Waals surface area contributed by atoms with Crippen molar-refractivity contribution in [1.29, 1.82) is 0 Å². The molecule has 0 heterocycles. The van der Waals surface area contributed by atoms with E-state index < -0.39 is 6.10 Å². The zero-order valence-electron chi connectivity index (χ0n) is 12.3. The van der Waals surface area contributed by atoms with Crippen LogP contribution in [0, 0.1) is 13.8 Å². The topological polar surface area (TPSA) is 47.6 Å². The molecule has 106 valence electrons. The Bertz CT molecular complexity index is 431. The van der Waals surface area contributed by atoms with Crippen molar-refractivity contribution in [3.8, 4) is 5.75 Å². The normalized spacial score (nSPS) is 13.7. The number of carbonyl (C=O) groups excluding carboxylic acids is 1. The minimum absolute atomic E-state index is 0.0253. The predicted molar refractivity (Wildman–Crippen MR) is 75.5 cm³/mol. The summed E-state index contributed by atoms with van der Waals surface area (Å²) in [6.45, 7) is 8.13. The molecule has 4 heteroatoms. The number of carbonyl (C=O) groups is 1. The Morgan fingerprint density at radius 2 is 2.00 bits per heavy atom. The van der Waals surface area contributed by atoms with Gasteiger partial charge < -0.3 is 14.8 Å². The van der Waals surface area contributed by atoms with E-state index in [4.69, 9.17) is 9.47 Å². The molecule has 1 aromatic rings. The smallest absolute Gasteiger partial charge is 0.261 e. The minimum Gasteiger partial charge on any atom is -0.481 e. The summed E-state index contributed by atoms with van der Waals surface area (Å²) in [6, 6.07) is 5.88. The van der Waals surface area contributed by atoms with Crippen LogP contribution in [0.25, 0.3) is 0 Å². The molecule has 0 saturated heterocycles. The summed E-state index contributed by atoms with van der Waals surface area (Å²) >= 11 is 0. The highest BCUT2D eigenvalue weighted by atomic mass is 16.5. The number of ether oxygens (including phenoxy) is 2. The van der Waals surface area contributed by atoms with Gasteiger partial charge in [0.05, 0.1) is 6.61 Å². The molecule has 4 nitrogen and oxygen atoms in total. The Morgan fingerprint density at radius 1 is 1.32 bits per heavy atom. The zero-order valence-corrected chi connectivity index (χ0v) is 12.3. The average molecular weight is 265 g/mol. The van der Waals surface area contributed by atoms with Gasteiger partial charge in [0.2, 0.25) is 0 Å². The van der Waals surface area contributed by atoms with Crippen LogP contribution in [0.15, 0.2) is 18.2 Å². The monoisotopic (exact) mass is 265 g/mol. The Hall–Kier alpha value is -1.55. The molecule has 0 fully saturated rings. The highest BCUT2D eigenvalue weighted by Crippen LogP contribution is 2.20. The molecule has 0 saturated carbocycles. The third-order valence-electron chi connectivity index (χ3n) is 2.81. The van der Waals surface area contributed by atoms with Crippen LogP contribution < -0.4 is 10.1 Å². The Balaban J connectivity index is 2.58. The molecule has 0 aliphatic rings. The van der Waals surface area contributed by atoms with Crippen molar-refractivity contribution in [1.82, 2.24) is 5.32 Å². The number of nitrogens with one attached hydrogen (secondary N) is 1. The van der Waals surface area contributed by atoms with Crippen LogP contribution in [0.4, 0.5) is 0 Å². The Morgan fingerprint density at radius 3 is 2.58 bits per heavy atom. The molecule has 1 amide bonds. The number of hydrogen-bond acceptors (Lipinski definition) is 3. The maximum absolute atomic E-state index is 11.9. The lowest BCUT2D eigenvalue weighted by Crippen LogP contribution is -2.43. The third-order valence-corrected chi connectivity index (χ3v) is 2.81. The highest BCUT2D eigenvalue weighted by Gasteiger charge is 2.17. The molecule has 0 spiro atoms. The highest BCUT2D eigenvalue weighted by molar-refractivity contribution is 5.81. The summed E-state index contributed by atoms with van der Waals surface area (Å²) in [4.78, 5) is 11.9. The standard InChI is InChI=1S/C15H23NO3/c1-10-6-7-14(11(2)8-10)19-13(4)15(17)16-12(3)9-18-5/h6-8,12-13H,9H2,1-5H3,(H,16,17)/t12-,13-/m1/s1. The Labute approximate surface area is 115 Å². The van der Waals surface area contributed by atoms with E-state index in [0.717, 1.165) is 11.3 Å². The van der Waals surface area contributed by atoms with Gasteiger partial charge in [-0.3, -0.25) is 4.79 Å². The fraction of sp³-hybridized carbons (Fsp3) is 0.533. The molecular weight excluding hydrogens is 242 g/mol. The predicted octanol–water partition coefficient (Wildman–Crippen LogP) is 2.22. The van der Waals surface area contributed by atoms with Gasteiger partial charge in [-0.2, -0.15) is 0 Å². The molecule has 0 aliphatic carbocycles. The maximum Gasteiger partial charge on any atom is 0.261 e. The lowest BCUT2D eigenvalue weighted by Gasteiger charge is -2.19. The number of hydrogen-bond donors (Lipinski definition) is 1. The van der Waals surface area contributed by atoms with Gasteiger partial charge in [-0.15, -0.1) is 0 Å². The number of amides is 1. The van der Waals surface area contributed by atoms with Crippen molar-refractivity contribution in [2.45, 2.75) is 39.8 Å². The van der Waals surface area contributed by atoms with Crippen LogP contribution in [0.2, 0.25) is 0 Å². The van der Waals surface area contributed by atoms with Gasteiger partial charge in [-0.05, 0) is 39.3 Å². The van der Waals surface area contributed by atoms with E-state index >= 15 is 0 Å². The average Bonchev–Trinajstić information content (AvgIpc) is 2.32. The number of benzene rings is 1. The van der Waals surface area contributed by atoms with Crippen molar-refractivity contribution < 1.29 is 14.3 Å². The summed E-state index contributed by atoms with van der Waals surface area (Å²) in [6.07, 6.45) is -0.527. The lowest BCUT2D eigenvalue weighted by molar-refractivity contribution is -0.128. The van der Waals surface area contributed by atoms with E-state index in [2.05, 4.69) is 5.32 Å². The number of aryl methyl sites for hydroxylation is 2. The molecule has 0 aliphatic heterocycles. The van der Waals surface area contributed by atoms with Crippen LogP contribution in [0.5, 0.6) is 5.75 Å². The van der Waals surface area contributed by atoms with Gasteiger partial charge in [0.15, 0.2) is 6.10 Å². The van der Waals surface area contributed by atoms with Gasteiger partial charge in [-0.1, -0.05) is 17.7 Å². The maximum atomic E-state index is 11.9. The largest absolute Gasteiger partial charge is 0.481 e. The van der Waals surface area contributed by atoms with Crippen LogP contribution >= 0.6 is 0 Å². The van der Waals surface area contributed by atoms with Crippen LogP contribution in [-0.4, -0.2) is 31.8 Å². The fourth-order valence-electron chi connectivity index (χ4n) is 1.83. The first kappa shape index (κ1) is 15.5. The number of rotatable bonds is 6. The molecule has 0 radical (unpaired) electrons. The SMILES string of the molecule is COC[C@@H](C)NC(=O)[C@@H](C)Oc1ccc(C)cc1C. The molecule has 0 unspecified atom stereocenters. The summed E-state index contributed by atoms with van der Waals surface area (Å²) in [5, 5.41) is 2.84. The van der Waals surface area contributed by atoms with Gasteiger partial charge >= 0.3 is 0 Å². The molecule has 0 bridgehead atoms. The molecule has 19 heavy (non-hydrogen) atoms. The molecule has 2 atom stereocenters. The summed E-state index contributed by atoms with van der Waals surface area (Å²) in [5.41, 5.74) is 2.21. The molecule has 1 rings (SSSR count). The minimum atomic E-state index is -0.527. The van der Waals surface area contributed by atoms with E-state index in [1.54, 1.807) is 14.0 Å². The van der Waals surface area contributed by atoms with E-state index in [0.29, 0.717) is 6.61 Å². The van der Waals surface area contributed by atoms with E-state index in [1.165, 1.54) is 5.56 Å². The van der Waals surface area contributed by atoms with Crippen molar-refractivity contribution in [3.05, 3.63) is 29.3 Å². The second-order valence-electron chi connectivity index (χ2n) is 4.89. The second kappa shape index (κ2) is 7.14. The quantitative estimate of drug-likeness (QED) is 0.858. The van der Waals surface area contributed by atoms with Gasteiger partial charge in [-0.25, -0.2) is 0 Å².